The van der Waals surface area contributed by atoms with E-state index in [1.54, 1.807) is 72.5 Å². The van der Waals surface area contributed by atoms with Crippen LogP contribution in [-0.2, 0) is 27.3 Å². The van der Waals surface area contributed by atoms with E-state index < -0.39 is 18.2 Å². The van der Waals surface area contributed by atoms with Gasteiger partial charge < -0.3 is 33.7 Å². The average Bonchev–Trinajstić information content (AvgIpc) is 2.99. The molecule has 1 unspecified atom stereocenters. The predicted molar refractivity (Wildman–Crippen MR) is 155 cm³/mol. The molecule has 0 fully saturated rings. The summed E-state index contributed by atoms with van der Waals surface area (Å²) in [6, 6.07) is 20.2. The predicted octanol–water partition coefficient (Wildman–Crippen LogP) is 5.74. The third-order valence-corrected chi connectivity index (χ3v) is 6.29. The average molecular weight is 584 g/mol. The first-order valence-electron chi connectivity index (χ1n) is 13.9. The van der Waals surface area contributed by atoms with Crippen molar-refractivity contribution in [2.24, 2.45) is 0 Å². The molecule has 42 heavy (non-hydrogen) atoms. The first-order chi connectivity index (χ1) is 20.4. The third-order valence-electron chi connectivity index (χ3n) is 6.29. The lowest BCUT2D eigenvalue weighted by Gasteiger charge is -2.22. The van der Waals surface area contributed by atoms with Gasteiger partial charge in [-0.25, -0.2) is 14.0 Å². The van der Waals surface area contributed by atoms with Gasteiger partial charge in [0.05, 0.1) is 20.3 Å². The van der Waals surface area contributed by atoms with Crippen molar-refractivity contribution >= 4 is 12.1 Å². The summed E-state index contributed by atoms with van der Waals surface area (Å²) in [5.74, 6) is 0.0730. The molecule has 0 aliphatic rings. The van der Waals surface area contributed by atoms with Crippen LogP contribution >= 0.6 is 0 Å². The van der Waals surface area contributed by atoms with Crippen LogP contribution in [0.3, 0.4) is 0 Å². The van der Waals surface area contributed by atoms with Crippen LogP contribution in [0, 0.1) is 5.82 Å². The molecule has 0 radical (unpaired) electrons. The molecule has 1 atom stereocenters. The highest BCUT2D eigenvalue weighted by Crippen LogP contribution is 2.26. The van der Waals surface area contributed by atoms with Gasteiger partial charge >= 0.3 is 12.1 Å². The van der Waals surface area contributed by atoms with Crippen LogP contribution in [-0.4, -0.2) is 68.2 Å². The van der Waals surface area contributed by atoms with E-state index in [0.29, 0.717) is 56.5 Å². The summed E-state index contributed by atoms with van der Waals surface area (Å²) >= 11 is 0. The number of methoxy groups -OCH3 is 1. The number of carbonyl (C=O) groups excluding carboxylic acids is 1. The second-order valence-electron chi connectivity index (χ2n) is 9.37. The van der Waals surface area contributed by atoms with Crippen molar-refractivity contribution in [1.29, 1.82) is 0 Å². The highest BCUT2D eigenvalue weighted by molar-refractivity contribution is 5.73. The van der Waals surface area contributed by atoms with Gasteiger partial charge in [-0.15, -0.1) is 0 Å². The zero-order valence-corrected chi connectivity index (χ0v) is 24.0. The molecule has 1 N–H and O–H groups in total. The van der Waals surface area contributed by atoms with Gasteiger partial charge in [0.15, 0.2) is 17.6 Å². The number of carbonyl (C=O) groups is 2. The Balaban J connectivity index is 1.51. The molecular weight excluding hydrogens is 545 g/mol. The molecule has 0 spiro atoms. The van der Waals surface area contributed by atoms with E-state index in [-0.39, 0.29) is 25.4 Å². The van der Waals surface area contributed by atoms with E-state index in [1.807, 2.05) is 0 Å². The number of ether oxygens (including phenoxy) is 5. The topological polar surface area (TPSA) is 104 Å². The van der Waals surface area contributed by atoms with Crippen LogP contribution in [0.1, 0.15) is 30.9 Å². The second kappa shape index (κ2) is 17.6. The van der Waals surface area contributed by atoms with Crippen molar-refractivity contribution in [2.45, 2.75) is 38.9 Å². The minimum absolute atomic E-state index is 0.220. The van der Waals surface area contributed by atoms with E-state index in [9.17, 15) is 19.1 Å². The maximum Gasteiger partial charge on any atom is 0.415 e. The Morgan fingerprint density at radius 1 is 0.881 bits per heavy atom. The van der Waals surface area contributed by atoms with Gasteiger partial charge in [0.2, 0.25) is 0 Å². The van der Waals surface area contributed by atoms with Gasteiger partial charge in [-0.2, -0.15) is 0 Å². The van der Waals surface area contributed by atoms with Gasteiger partial charge in [0, 0.05) is 26.2 Å². The Hall–Kier alpha value is -4.15. The van der Waals surface area contributed by atoms with Crippen LogP contribution in [0.5, 0.6) is 17.2 Å². The Morgan fingerprint density at radius 3 is 2.24 bits per heavy atom. The maximum atomic E-state index is 13.1. The van der Waals surface area contributed by atoms with Gasteiger partial charge in [0.1, 0.15) is 18.2 Å². The number of unbranched alkanes of at least 4 members (excludes halogenated alkanes) is 1. The molecule has 3 rings (SSSR count). The standard InChI is InChI=1S/C32H38FNO8/c1-3-40-30(31(35)36)22-24-12-16-27(17-13-24)41-21-19-34(32(37)42-29-9-5-4-8-28(29)38-2)18-6-7-20-39-23-25-10-14-26(33)15-11-25/h4-5,8-17,30H,3,6-7,18-23H2,1-2H3,(H,35,36). The van der Waals surface area contributed by atoms with Crippen molar-refractivity contribution in [3.8, 4) is 17.2 Å². The van der Waals surface area contributed by atoms with Crippen molar-refractivity contribution in [2.75, 3.05) is 40.0 Å². The molecule has 0 saturated heterocycles. The zero-order valence-electron chi connectivity index (χ0n) is 24.0. The first kappa shape index (κ1) is 32.4. The van der Waals surface area contributed by atoms with Crippen LogP contribution in [0.25, 0.3) is 0 Å². The molecule has 0 aromatic heterocycles. The summed E-state index contributed by atoms with van der Waals surface area (Å²) in [5, 5.41) is 9.30. The van der Waals surface area contributed by atoms with Crippen LogP contribution in [0.15, 0.2) is 72.8 Å². The number of amides is 1. The number of carboxylic acids is 1. The number of halogens is 1. The van der Waals surface area contributed by atoms with E-state index in [1.165, 1.54) is 19.2 Å². The fourth-order valence-electron chi connectivity index (χ4n) is 4.06. The number of aliphatic carboxylic acids is 1. The molecule has 3 aromatic rings. The number of carboxylic acid groups (broad SMARTS) is 1. The lowest BCUT2D eigenvalue weighted by atomic mass is 10.1. The second-order valence-corrected chi connectivity index (χ2v) is 9.37. The minimum atomic E-state index is -1.00. The van der Waals surface area contributed by atoms with Crippen molar-refractivity contribution in [3.63, 3.8) is 0 Å². The monoisotopic (exact) mass is 583 g/mol. The Bertz CT molecular complexity index is 1240. The van der Waals surface area contributed by atoms with Gasteiger partial charge in [-0.1, -0.05) is 36.4 Å². The molecule has 1 amide bonds. The van der Waals surface area contributed by atoms with Gasteiger partial charge in [0.25, 0.3) is 0 Å². The smallest absolute Gasteiger partial charge is 0.415 e. The fourth-order valence-corrected chi connectivity index (χ4v) is 4.06. The summed E-state index contributed by atoms with van der Waals surface area (Å²) in [6.07, 6.45) is 0.198. The normalized spacial score (nSPS) is 11.5. The van der Waals surface area contributed by atoms with Gasteiger partial charge in [-0.05, 0) is 67.3 Å². The third kappa shape index (κ3) is 11.0. The number of hydrogen-bond acceptors (Lipinski definition) is 7. The van der Waals surface area contributed by atoms with Crippen LogP contribution < -0.4 is 14.2 Å². The molecule has 0 bridgehead atoms. The van der Waals surface area contributed by atoms with Crippen LogP contribution in [0.2, 0.25) is 0 Å². The lowest BCUT2D eigenvalue weighted by Crippen LogP contribution is -2.37. The molecule has 10 heteroatoms. The highest BCUT2D eigenvalue weighted by Gasteiger charge is 2.19. The van der Waals surface area contributed by atoms with E-state index in [4.69, 9.17) is 23.7 Å². The quantitative estimate of drug-likeness (QED) is 0.189. The Kier molecular flexibility index (Phi) is 13.6. The molecule has 226 valence electrons. The largest absolute Gasteiger partial charge is 0.493 e. The first-order valence-corrected chi connectivity index (χ1v) is 13.9. The van der Waals surface area contributed by atoms with Gasteiger partial charge in [-0.3, -0.25) is 0 Å². The SMILES string of the molecule is CCOC(Cc1ccc(OCCN(CCCCOCc2ccc(F)cc2)C(=O)Oc2ccccc2OC)cc1)C(=O)O. The summed E-state index contributed by atoms with van der Waals surface area (Å²) in [7, 11) is 1.51. The molecule has 9 nitrogen and oxygen atoms in total. The summed E-state index contributed by atoms with van der Waals surface area (Å²) in [4.78, 5) is 26.0. The van der Waals surface area contributed by atoms with E-state index >= 15 is 0 Å². The number of benzene rings is 3. The number of para-hydroxylation sites is 2. The number of rotatable bonds is 18. The maximum absolute atomic E-state index is 13.1. The molecule has 0 aliphatic carbocycles. The van der Waals surface area contributed by atoms with E-state index in [2.05, 4.69) is 0 Å². The van der Waals surface area contributed by atoms with Crippen LogP contribution in [0.4, 0.5) is 9.18 Å². The van der Waals surface area contributed by atoms with Crippen molar-refractivity contribution < 1.29 is 42.8 Å². The lowest BCUT2D eigenvalue weighted by molar-refractivity contribution is -0.149. The zero-order chi connectivity index (χ0) is 30.2. The molecule has 0 saturated carbocycles. The summed E-state index contributed by atoms with van der Waals surface area (Å²) < 4.78 is 40.8. The molecule has 0 heterocycles. The Morgan fingerprint density at radius 2 is 1.57 bits per heavy atom. The van der Waals surface area contributed by atoms with Crippen molar-refractivity contribution in [3.05, 3.63) is 89.7 Å². The molecular formula is C32H38FNO8. The fraction of sp³-hybridized carbons (Fsp3) is 0.375. The minimum Gasteiger partial charge on any atom is -0.493 e. The molecule has 0 aliphatic heterocycles. The number of nitrogens with zero attached hydrogens (tertiary/aromatic N) is 1. The van der Waals surface area contributed by atoms with E-state index in [0.717, 1.165) is 11.1 Å². The highest BCUT2D eigenvalue weighted by atomic mass is 19.1. The van der Waals surface area contributed by atoms with Crippen molar-refractivity contribution in [1.82, 2.24) is 4.90 Å². The number of hydrogen-bond donors (Lipinski definition) is 1. The molecule has 3 aromatic carbocycles. The summed E-state index contributed by atoms with van der Waals surface area (Å²) in [5.41, 5.74) is 1.70. The Labute approximate surface area is 245 Å². The summed E-state index contributed by atoms with van der Waals surface area (Å²) in [6.45, 7) is 3.86.